The molecule has 7 nitrogen and oxygen atoms in total. The highest BCUT2D eigenvalue weighted by Crippen LogP contribution is 2.10. The van der Waals surface area contributed by atoms with E-state index in [9.17, 15) is 9.59 Å². The molecule has 0 unspecified atom stereocenters. The molecule has 0 radical (unpaired) electrons. The van der Waals surface area contributed by atoms with Gasteiger partial charge in [-0.15, -0.1) is 0 Å². The number of nitrogens with zero attached hydrogens (tertiary/aromatic N) is 2. The Morgan fingerprint density at radius 2 is 1.96 bits per heavy atom. The molecule has 0 atom stereocenters. The molecule has 7 heteroatoms. The summed E-state index contributed by atoms with van der Waals surface area (Å²) in [7, 11) is 0. The summed E-state index contributed by atoms with van der Waals surface area (Å²) in [6.07, 6.45) is 0.649. The molecule has 2 N–H and O–H groups in total. The predicted octanol–water partition coefficient (Wildman–Crippen LogP) is 2.14. The molecule has 0 fully saturated rings. The van der Waals surface area contributed by atoms with Gasteiger partial charge in [0.25, 0.3) is 0 Å². The Hall–Kier alpha value is -2.70. The third kappa shape index (κ3) is 4.91. The Morgan fingerprint density at radius 1 is 1.26 bits per heavy atom. The van der Waals surface area contributed by atoms with Crippen LogP contribution in [0.1, 0.15) is 53.8 Å². The van der Waals surface area contributed by atoms with Gasteiger partial charge in [-0.1, -0.05) is 31.1 Å². The number of aryl methyl sites for hydroxylation is 1. The molecule has 0 saturated heterocycles. The standard InChI is InChI=1S/C16H19N3O4/c1-10(2)15-18-14(23-19-15)8-7-13(20)17-9-11-3-5-12(6-4-11)16(21)22/h3-6,10H,7-9H2,1-2H3,(H,17,20)(H,21,22). The van der Waals surface area contributed by atoms with Gasteiger partial charge < -0.3 is 14.9 Å². The minimum absolute atomic E-state index is 0.128. The first-order valence-corrected chi connectivity index (χ1v) is 7.37. The van der Waals surface area contributed by atoms with Crippen LogP contribution in [-0.2, 0) is 17.8 Å². The van der Waals surface area contributed by atoms with Gasteiger partial charge in [0.05, 0.1) is 5.56 Å². The second kappa shape index (κ2) is 7.53. The molecule has 0 aliphatic heterocycles. The summed E-state index contributed by atoms with van der Waals surface area (Å²) in [6.45, 7) is 4.29. The van der Waals surface area contributed by atoms with E-state index < -0.39 is 5.97 Å². The average Bonchev–Trinajstić information content (AvgIpc) is 3.00. The molecule has 23 heavy (non-hydrogen) atoms. The molecular weight excluding hydrogens is 298 g/mol. The van der Waals surface area contributed by atoms with Crippen LogP contribution in [-0.4, -0.2) is 27.1 Å². The van der Waals surface area contributed by atoms with E-state index >= 15 is 0 Å². The zero-order chi connectivity index (χ0) is 16.8. The maximum atomic E-state index is 11.8. The lowest BCUT2D eigenvalue weighted by Gasteiger charge is -2.05. The van der Waals surface area contributed by atoms with E-state index in [-0.39, 0.29) is 23.8 Å². The Morgan fingerprint density at radius 3 is 2.52 bits per heavy atom. The molecule has 0 aliphatic carbocycles. The number of carboxylic acid groups (broad SMARTS) is 1. The summed E-state index contributed by atoms with van der Waals surface area (Å²) in [5, 5.41) is 15.4. The summed E-state index contributed by atoms with van der Waals surface area (Å²) < 4.78 is 5.08. The summed E-state index contributed by atoms with van der Waals surface area (Å²) in [5.74, 6) is 0.182. The summed E-state index contributed by atoms with van der Waals surface area (Å²) in [4.78, 5) is 26.8. The largest absolute Gasteiger partial charge is 0.478 e. The van der Waals surface area contributed by atoms with E-state index in [1.807, 2.05) is 13.8 Å². The second-order valence-electron chi connectivity index (χ2n) is 5.48. The van der Waals surface area contributed by atoms with Crippen LogP contribution in [0.4, 0.5) is 0 Å². The van der Waals surface area contributed by atoms with Crippen molar-refractivity contribution in [3.8, 4) is 0 Å². The molecule has 2 rings (SSSR count). The summed E-state index contributed by atoms with van der Waals surface area (Å²) in [6, 6.07) is 6.37. The van der Waals surface area contributed by atoms with Crippen LogP contribution >= 0.6 is 0 Å². The van der Waals surface area contributed by atoms with Crippen LogP contribution < -0.4 is 5.32 Å². The van der Waals surface area contributed by atoms with Crippen molar-refractivity contribution in [1.29, 1.82) is 0 Å². The molecule has 2 aromatic rings. The van der Waals surface area contributed by atoms with Crippen molar-refractivity contribution < 1.29 is 19.2 Å². The third-order valence-electron chi connectivity index (χ3n) is 3.26. The number of benzene rings is 1. The number of nitrogens with one attached hydrogen (secondary N) is 1. The molecule has 1 heterocycles. The van der Waals surface area contributed by atoms with Gasteiger partial charge in [-0.2, -0.15) is 4.98 Å². The van der Waals surface area contributed by atoms with Crippen LogP contribution in [0.25, 0.3) is 0 Å². The highest BCUT2D eigenvalue weighted by Gasteiger charge is 2.11. The van der Waals surface area contributed by atoms with Gasteiger partial charge in [0.15, 0.2) is 5.82 Å². The first-order valence-electron chi connectivity index (χ1n) is 7.37. The van der Waals surface area contributed by atoms with Crippen LogP contribution in [0.15, 0.2) is 28.8 Å². The Labute approximate surface area is 133 Å². The van der Waals surface area contributed by atoms with Gasteiger partial charge in [-0.3, -0.25) is 4.79 Å². The first kappa shape index (κ1) is 16.7. The minimum Gasteiger partial charge on any atom is -0.478 e. The van der Waals surface area contributed by atoms with E-state index in [4.69, 9.17) is 9.63 Å². The van der Waals surface area contributed by atoms with Gasteiger partial charge in [-0.05, 0) is 17.7 Å². The normalized spacial score (nSPS) is 10.7. The molecule has 1 aromatic carbocycles. The SMILES string of the molecule is CC(C)c1noc(CCC(=O)NCc2ccc(C(=O)O)cc2)n1. The van der Waals surface area contributed by atoms with Crippen molar-refractivity contribution >= 4 is 11.9 Å². The number of rotatable bonds is 7. The molecule has 0 spiro atoms. The van der Waals surface area contributed by atoms with Gasteiger partial charge in [0.2, 0.25) is 11.8 Å². The molecule has 1 aromatic heterocycles. The Bertz CT molecular complexity index is 677. The quantitative estimate of drug-likeness (QED) is 0.810. The molecule has 122 valence electrons. The highest BCUT2D eigenvalue weighted by atomic mass is 16.5. The third-order valence-corrected chi connectivity index (χ3v) is 3.26. The van der Waals surface area contributed by atoms with Crippen molar-refractivity contribution in [3.63, 3.8) is 0 Å². The number of hydrogen-bond acceptors (Lipinski definition) is 5. The van der Waals surface area contributed by atoms with Crippen LogP contribution in [0.3, 0.4) is 0 Å². The number of amides is 1. The van der Waals surface area contributed by atoms with E-state index in [1.54, 1.807) is 12.1 Å². The fourth-order valence-electron chi connectivity index (χ4n) is 1.88. The topological polar surface area (TPSA) is 105 Å². The lowest BCUT2D eigenvalue weighted by Crippen LogP contribution is -2.23. The van der Waals surface area contributed by atoms with Crippen molar-refractivity contribution in [2.75, 3.05) is 0 Å². The van der Waals surface area contributed by atoms with E-state index in [0.29, 0.717) is 24.7 Å². The summed E-state index contributed by atoms with van der Waals surface area (Å²) >= 11 is 0. The van der Waals surface area contributed by atoms with Gasteiger partial charge in [0.1, 0.15) is 0 Å². The number of hydrogen-bond donors (Lipinski definition) is 2. The number of carboxylic acids is 1. The zero-order valence-corrected chi connectivity index (χ0v) is 13.1. The lowest BCUT2D eigenvalue weighted by molar-refractivity contribution is -0.121. The van der Waals surface area contributed by atoms with Crippen LogP contribution in [0, 0.1) is 0 Å². The minimum atomic E-state index is -0.971. The van der Waals surface area contributed by atoms with E-state index in [0.717, 1.165) is 5.56 Å². The highest BCUT2D eigenvalue weighted by molar-refractivity contribution is 5.87. The van der Waals surface area contributed by atoms with Crippen LogP contribution in [0.5, 0.6) is 0 Å². The van der Waals surface area contributed by atoms with E-state index in [2.05, 4.69) is 15.5 Å². The van der Waals surface area contributed by atoms with Gasteiger partial charge in [-0.25, -0.2) is 4.79 Å². The van der Waals surface area contributed by atoms with Crippen molar-refractivity contribution in [2.45, 2.75) is 39.2 Å². The maximum absolute atomic E-state index is 11.8. The molecule has 0 aliphatic rings. The molecule has 1 amide bonds. The maximum Gasteiger partial charge on any atom is 0.335 e. The van der Waals surface area contributed by atoms with Crippen molar-refractivity contribution in [3.05, 3.63) is 47.1 Å². The van der Waals surface area contributed by atoms with E-state index in [1.165, 1.54) is 12.1 Å². The molecule has 0 bridgehead atoms. The van der Waals surface area contributed by atoms with Crippen molar-refractivity contribution in [1.82, 2.24) is 15.5 Å². The Balaban J connectivity index is 1.77. The number of aromatic nitrogens is 2. The fourth-order valence-corrected chi connectivity index (χ4v) is 1.88. The summed E-state index contributed by atoms with van der Waals surface area (Å²) in [5.41, 5.74) is 1.06. The molecular formula is C16H19N3O4. The monoisotopic (exact) mass is 317 g/mol. The van der Waals surface area contributed by atoms with Gasteiger partial charge in [0, 0.05) is 25.3 Å². The van der Waals surface area contributed by atoms with Gasteiger partial charge >= 0.3 is 5.97 Å². The zero-order valence-electron chi connectivity index (χ0n) is 13.1. The smallest absolute Gasteiger partial charge is 0.335 e. The molecule has 0 saturated carbocycles. The number of carbonyl (C=O) groups excluding carboxylic acids is 1. The second-order valence-corrected chi connectivity index (χ2v) is 5.48. The van der Waals surface area contributed by atoms with Crippen molar-refractivity contribution in [2.24, 2.45) is 0 Å². The number of aromatic carboxylic acids is 1. The van der Waals surface area contributed by atoms with Crippen LogP contribution in [0.2, 0.25) is 0 Å². The average molecular weight is 317 g/mol. The number of carbonyl (C=O) groups is 2. The first-order chi connectivity index (χ1) is 11.0. The predicted molar refractivity (Wildman–Crippen MR) is 82.0 cm³/mol. The Kier molecular flexibility index (Phi) is 5.46. The fraction of sp³-hybridized carbons (Fsp3) is 0.375. The lowest BCUT2D eigenvalue weighted by atomic mass is 10.1.